The summed E-state index contributed by atoms with van der Waals surface area (Å²) in [5, 5.41) is 9.39. The molecule has 2 atom stereocenters. The van der Waals surface area contributed by atoms with Gasteiger partial charge in [-0.05, 0) is 68.1 Å². The van der Waals surface area contributed by atoms with Gasteiger partial charge in [-0.2, -0.15) is 0 Å². The molecule has 2 bridgehead atoms. The topological polar surface area (TPSA) is 40.5 Å². The summed E-state index contributed by atoms with van der Waals surface area (Å²) in [5.41, 5.74) is 5.20. The standard InChI is InChI=1S/C20H21NO2/c1-19-11-14-6-4-5-7-16(14)20(2,21(19)3)17-10-13(18(22)23)8-9-15(17)12-19/h4-10H,11-12H2,1-3H3,(H,22,23). The Hall–Kier alpha value is -2.13. The highest BCUT2D eigenvalue weighted by molar-refractivity contribution is 5.88. The van der Waals surface area contributed by atoms with Crippen LogP contribution >= 0.6 is 0 Å². The summed E-state index contributed by atoms with van der Waals surface area (Å²) in [6.07, 6.45) is 1.97. The zero-order valence-electron chi connectivity index (χ0n) is 13.8. The van der Waals surface area contributed by atoms with Crippen molar-refractivity contribution in [1.82, 2.24) is 4.90 Å². The van der Waals surface area contributed by atoms with Gasteiger partial charge in [0.1, 0.15) is 0 Å². The second kappa shape index (κ2) is 4.45. The molecule has 3 heteroatoms. The Bertz CT molecular complexity index is 828. The Morgan fingerprint density at radius 1 is 1.04 bits per heavy atom. The lowest BCUT2D eigenvalue weighted by molar-refractivity contribution is 0.0141. The molecule has 2 aliphatic heterocycles. The van der Waals surface area contributed by atoms with E-state index in [0.717, 1.165) is 18.4 Å². The van der Waals surface area contributed by atoms with Crippen molar-refractivity contribution in [2.24, 2.45) is 0 Å². The van der Waals surface area contributed by atoms with Crippen LogP contribution in [0.15, 0.2) is 42.5 Å². The molecule has 0 spiro atoms. The second-order valence-electron chi connectivity index (χ2n) is 7.32. The quantitative estimate of drug-likeness (QED) is 0.877. The predicted molar refractivity (Wildman–Crippen MR) is 89.9 cm³/mol. The van der Waals surface area contributed by atoms with E-state index in [9.17, 15) is 9.90 Å². The normalized spacial score (nSPS) is 28.8. The zero-order valence-corrected chi connectivity index (χ0v) is 13.8. The van der Waals surface area contributed by atoms with Gasteiger partial charge in [-0.15, -0.1) is 0 Å². The van der Waals surface area contributed by atoms with Gasteiger partial charge < -0.3 is 5.11 Å². The summed E-state index contributed by atoms with van der Waals surface area (Å²) in [6, 6.07) is 14.2. The number of hydrogen-bond acceptors (Lipinski definition) is 2. The SMILES string of the molecule is CN1C2(C)Cc3ccccc3C1(C)c1cc(C(=O)O)ccc1C2. The van der Waals surface area contributed by atoms with Gasteiger partial charge in [0.25, 0.3) is 0 Å². The highest BCUT2D eigenvalue weighted by Gasteiger charge is 2.52. The van der Waals surface area contributed by atoms with Crippen molar-refractivity contribution in [2.45, 2.75) is 37.8 Å². The lowest BCUT2D eigenvalue weighted by Crippen LogP contribution is -2.63. The first-order valence-corrected chi connectivity index (χ1v) is 8.05. The van der Waals surface area contributed by atoms with Crippen molar-refractivity contribution in [3.8, 4) is 0 Å². The zero-order chi connectivity index (χ0) is 16.4. The first kappa shape index (κ1) is 14.5. The number of likely N-dealkylation sites (N-methyl/N-ethyl adjacent to an activating group) is 1. The van der Waals surface area contributed by atoms with Crippen LogP contribution in [0.25, 0.3) is 0 Å². The molecule has 0 aliphatic carbocycles. The van der Waals surface area contributed by atoms with Gasteiger partial charge >= 0.3 is 5.97 Å². The Morgan fingerprint density at radius 3 is 2.39 bits per heavy atom. The molecule has 4 rings (SSSR count). The number of fused-ring (bicyclic) bond motifs is 6. The molecular formula is C20H21NO2. The molecule has 0 fully saturated rings. The highest BCUT2D eigenvalue weighted by Crippen LogP contribution is 2.51. The molecule has 0 saturated heterocycles. The number of rotatable bonds is 1. The van der Waals surface area contributed by atoms with Crippen molar-refractivity contribution < 1.29 is 9.90 Å². The minimum atomic E-state index is -0.864. The largest absolute Gasteiger partial charge is 0.478 e. The minimum Gasteiger partial charge on any atom is -0.478 e. The van der Waals surface area contributed by atoms with Crippen molar-refractivity contribution >= 4 is 5.97 Å². The maximum absolute atomic E-state index is 11.4. The van der Waals surface area contributed by atoms with Crippen molar-refractivity contribution in [3.05, 3.63) is 70.3 Å². The van der Waals surface area contributed by atoms with Gasteiger partial charge in [0.15, 0.2) is 0 Å². The molecular weight excluding hydrogens is 286 g/mol. The third-order valence-electron chi connectivity index (χ3n) is 6.05. The van der Waals surface area contributed by atoms with Crippen LogP contribution in [-0.2, 0) is 18.4 Å². The summed E-state index contributed by atoms with van der Waals surface area (Å²) in [5.74, 6) is -0.864. The van der Waals surface area contributed by atoms with Crippen molar-refractivity contribution in [1.29, 1.82) is 0 Å². The Labute approximate surface area is 136 Å². The van der Waals surface area contributed by atoms with E-state index in [4.69, 9.17) is 0 Å². The fourth-order valence-electron chi connectivity index (χ4n) is 4.63. The number of carbonyl (C=O) groups is 1. The fourth-order valence-corrected chi connectivity index (χ4v) is 4.63. The number of hydrogen-bond donors (Lipinski definition) is 1. The predicted octanol–water partition coefficient (Wildman–Crippen LogP) is 3.45. The lowest BCUT2D eigenvalue weighted by Gasteiger charge is -2.59. The minimum absolute atomic E-state index is 0.0564. The second-order valence-corrected chi connectivity index (χ2v) is 7.32. The fraction of sp³-hybridized carbons (Fsp3) is 0.350. The van der Waals surface area contributed by atoms with E-state index in [1.54, 1.807) is 6.07 Å². The van der Waals surface area contributed by atoms with Crippen LogP contribution in [0.5, 0.6) is 0 Å². The molecule has 0 saturated carbocycles. The monoisotopic (exact) mass is 307 g/mol. The van der Waals surface area contributed by atoms with Crippen LogP contribution in [-0.4, -0.2) is 28.6 Å². The molecule has 2 aromatic carbocycles. The average Bonchev–Trinajstić information content (AvgIpc) is 2.52. The van der Waals surface area contributed by atoms with Crippen LogP contribution in [0.1, 0.15) is 46.5 Å². The van der Waals surface area contributed by atoms with E-state index in [1.807, 2.05) is 12.1 Å². The van der Waals surface area contributed by atoms with Crippen molar-refractivity contribution in [2.75, 3.05) is 7.05 Å². The average molecular weight is 307 g/mol. The molecule has 0 amide bonds. The molecule has 2 aromatic rings. The Balaban J connectivity index is 2.05. The molecule has 2 heterocycles. The number of carboxylic acid groups (broad SMARTS) is 1. The van der Waals surface area contributed by atoms with Gasteiger partial charge in [0.2, 0.25) is 0 Å². The number of carboxylic acids is 1. The first-order chi connectivity index (χ1) is 10.9. The van der Waals surface area contributed by atoms with E-state index >= 15 is 0 Å². The number of nitrogens with zero attached hydrogens (tertiary/aromatic N) is 1. The summed E-state index contributed by atoms with van der Waals surface area (Å²) in [6.45, 7) is 4.54. The maximum atomic E-state index is 11.4. The van der Waals surface area contributed by atoms with Crippen LogP contribution in [0.3, 0.4) is 0 Å². The van der Waals surface area contributed by atoms with Crippen LogP contribution in [0.2, 0.25) is 0 Å². The molecule has 2 unspecified atom stereocenters. The van der Waals surface area contributed by atoms with Gasteiger partial charge in [0.05, 0.1) is 11.1 Å². The number of aromatic carboxylic acids is 1. The van der Waals surface area contributed by atoms with Gasteiger partial charge in [-0.25, -0.2) is 4.79 Å². The van der Waals surface area contributed by atoms with E-state index in [0.29, 0.717) is 5.56 Å². The molecule has 3 nitrogen and oxygen atoms in total. The molecule has 2 aliphatic rings. The Morgan fingerprint density at radius 2 is 1.70 bits per heavy atom. The first-order valence-electron chi connectivity index (χ1n) is 8.05. The summed E-state index contributed by atoms with van der Waals surface area (Å²) >= 11 is 0. The maximum Gasteiger partial charge on any atom is 0.335 e. The summed E-state index contributed by atoms with van der Waals surface area (Å²) in [4.78, 5) is 13.9. The van der Waals surface area contributed by atoms with E-state index < -0.39 is 5.97 Å². The molecule has 0 radical (unpaired) electrons. The Kier molecular flexibility index (Phi) is 2.80. The van der Waals surface area contributed by atoms with Crippen LogP contribution in [0, 0.1) is 0 Å². The highest BCUT2D eigenvalue weighted by atomic mass is 16.4. The summed E-state index contributed by atoms with van der Waals surface area (Å²) in [7, 11) is 2.17. The van der Waals surface area contributed by atoms with Crippen LogP contribution in [0.4, 0.5) is 0 Å². The van der Waals surface area contributed by atoms with Gasteiger partial charge in [-0.1, -0.05) is 30.3 Å². The van der Waals surface area contributed by atoms with Crippen LogP contribution < -0.4 is 0 Å². The summed E-state index contributed by atoms with van der Waals surface area (Å²) < 4.78 is 0. The third-order valence-corrected chi connectivity index (χ3v) is 6.05. The lowest BCUT2D eigenvalue weighted by atomic mass is 9.64. The van der Waals surface area contributed by atoms with Crippen molar-refractivity contribution in [3.63, 3.8) is 0 Å². The molecule has 0 aromatic heterocycles. The van der Waals surface area contributed by atoms with E-state index in [2.05, 4.69) is 50.1 Å². The molecule has 1 N–H and O–H groups in total. The van der Waals surface area contributed by atoms with E-state index in [1.165, 1.54) is 16.7 Å². The molecule has 118 valence electrons. The third kappa shape index (κ3) is 1.77. The van der Waals surface area contributed by atoms with E-state index in [-0.39, 0.29) is 11.1 Å². The smallest absolute Gasteiger partial charge is 0.335 e. The van der Waals surface area contributed by atoms with Gasteiger partial charge in [-0.3, -0.25) is 4.90 Å². The molecule has 23 heavy (non-hydrogen) atoms. The van der Waals surface area contributed by atoms with Gasteiger partial charge in [0, 0.05) is 5.54 Å². The number of benzene rings is 2.